The molecule has 2 aromatic rings. The first kappa shape index (κ1) is 14.4. The van der Waals surface area contributed by atoms with Gasteiger partial charge in [-0.2, -0.15) is 0 Å². The summed E-state index contributed by atoms with van der Waals surface area (Å²) in [6.07, 6.45) is 0. The van der Waals surface area contributed by atoms with E-state index in [9.17, 15) is 19.3 Å². The summed E-state index contributed by atoms with van der Waals surface area (Å²) in [5.41, 5.74) is 5.17. The highest BCUT2D eigenvalue weighted by Crippen LogP contribution is 2.30. The smallest absolute Gasteiger partial charge is 0.270 e. The van der Waals surface area contributed by atoms with E-state index in [1.807, 2.05) is 0 Å². The normalized spacial score (nSPS) is 10.2. The minimum atomic E-state index is -0.605. The third-order valence-corrected chi connectivity index (χ3v) is 2.75. The first-order chi connectivity index (χ1) is 9.88. The maximum Gasteiger partial charge on any atom is 0.270 e. The van der Waals surface area contributed by atoms with Crippen molar-refractivity contribution in [3.05, 3.63) is 57.9 Å². The van der Waals surface area contributed by atoms with Crippen molar-refractivity contribution in [3.8, 4) is 11.5 Å². The van der Waals surface area contributed by atoms with Crippen LogP contribution in [0.2, 0.25) is 0 Å². The highest BCUT2D eigenvalue weighted by atomic mass is 19.1. The zero-order valence-corrected chi connectivity index (χ0v) is 11.0. The van der Waals surface area contributed by atoms with Crippen LogP contribution in [-0.4, -0.2) is 10.7 Å². The molecule has 0 bridgehead atoms. The Bertz CT molecular complexity index is 731. The van der Waals surface area contributed by atoms with E-state index in [0.29, 0.717) is 0 Å². The Morgan fingerprint density at radius 2 is 2.00 bits per heavy atom. The Morgan fingerprint density at radius 3 is 2.57 bits per heavy atom. The third kappa shape index (κ3) is 3.14. The number of hydrogen-bond acceptors (Lipinski definition) is 5. The van der Waals surface area contributed by atoms with Crippen molar-refractivity contribution in [1.82, 2.24) is 0 Å². The van der Waals surface area contributed by atoms with Gasteiger partial charge in [-0.05, 0) is 25.1 Å². The second kappa shape index (κ2) is 5.58. The van der Waals surface area contributed by atoms with Gasteiger partial charge in [0.25, 0.3) is 5.69 Å². The standard InChI is InChI=1S/C14H11FN2O4/c1-8(18)11-6-9(17(19)20)2-5-14(11)21-10-3-4-12(15)13(16)7-10/h2-7H,16H2,1H3. The van der Waals surface area contributed by atoms with Crippen LogP contribution in [0.15, 0.2) is 36.4 Å². The maximum absolute atomic E-state index is 13.1. The molecular formula is C14H11FN2O4. The quantitative estimate of drug-likeness (QED) is 0.403. The number of nitrogens with zero attached hydrogens (tertiary/aromatic N) is 1. The second-order valence-electron chi connectivity index (χ2n) is 4.28. The summed E-state index contributed by atoms with van der Waals surface area (Å²) in [6, 6.07) is 7.40. The van der Waals surface area contributed by atoms with E-state index in [-0.39, 0.29) is 34.2 Å². The van der Waals surface area contributed by atoms with E-state index < -0.39 is 10.7 Å². The lowest BCUT2D eigenvalue weighted by Gasteiger charge is -2.10. The molecule has 0 heterocycles. The zero-order valence-electron chi connectivity index (χ0n) is 11.0. The number of Topliss-reactive ketones (excluding diaryl/α,β-unsaturated/α-hetero) is 1. The van der Waals surface area contributed by atoms with Crippen LogP contribution < -0.4 is 10.5 Å². The zero-order chi connectivity index (χ0) is 15.6. The van der Waals surface area contributed by atoms with Crippen LogP contribution in [0.1, 0.15) is 17.3 Å². The molecule has 0 atom stereocenters. The van der Waals surface area contributed by atoms with Gasteiger partial charge in [-0.15, -0.1) is 0 Å². The number of nitro groups is 1. The van der Waals surface area contributed by atoms with Gasteiger partial charge in [-0.1, -0.05) is 0 Å². The molecule has 0 unspecified atom stereocenters. The molecule has 0 aliphatic rings. The first-order valence-corrected chi connectivity index (χ1v) is 5.90. The molecule has 2 rings (SSSR count). The van der Waals surface area contributed by atoms with Gasteiger partial charge in [-0.25, -0.2) is 4.39 Å². The number of rotatable bonds is 4. The summed E-state index contributed by atoms with van der Waals surface area (Å²) in [6.45, 7) is 1.27. The lowest BCUT2D eigenvalue weighted by atomic mass is 10.1. The summed E-state index contributed by atoms with van der Waals surface area (Å²) >= 11 is 0. The molecule has 2 aromatic carbocycles. The van der Waals surface area contributed by atoms with Crippen LogP contribution in [0.5, 0.6) is 11.5 Å². The van der Waals surface area contributed by atoms with Gasteiger partial charge in [0.1, 0.15) is 17.3 Å². The number of nitro benzene ring substituents is 1. The van der Waals surface area contributed by atoms with Crippen molar-refractivity contribution in [2.45, 2.75) is 6.92 Å². The average molecular weight is 290 g/mol. The SMILES string of the molecule is CC(=O)c1cc([N+](=O)[O-])ccc1Oc1ccc(F)c(N)c1. The van der Waals surface area contributed by atoms with Crippen LogP contribution in [0.4, 0.5) is 15.8 Å². The number of carbonyl (C=O) groups is 1. The van der Waals surface area contributed by atoms with Gasteiger partial charge < -0.3 is 10.5 Å². The Hall–Kier alpha value is -2.96. The summed E-state index contributed by atoms with van der Waals surface area (Å²) < 4.78 is 18.5. The van der Waals surface area contributed by atoms with Crippen molar-refractivity contribution in [3.63, 3.8) is 0 Å². The van der Waals surface area contributed by atoms with E-state index >= 15 is 0 Å². The predicted molar refractivity (Wildman–Crippen MR) is 74.0 cm³/mol. The lowest BCUT2D eigenvalue weighted by Crippen LogP contribution is -2.00. The second-order valence-corrected chi connectivity index (χ2v) is 4.28. The molecule has 7 heteroatoms. The number of halogens is 1. The molecule has 2 N–H and O–H groups in total. The molecule has 0 saturated carbocycles. The number of nitrogens with two attached hydrogens (primary N) is 1. The highest BCUT2D eigenvalue weighted by molar-refractivity contribution is 5.97. The number of benzene rings is 2. The number of non-ortho nitro benzene ring substituents is 1. The van der Waals surface area contributed by atoms with Crippen LogP contribution in [-0.2, 0) is 0 Å². The molecule has 0 saturated heterocycles. The maximum atomic E-state index is 13.1. The van der Waals surface area contributed by atoms with Crippen molar-refractivity contribution in [2.24, 2.45) is 0 Å². The van der Waals surface area contributed by atoms with Gasteiger partial charge in [0.2, 0.25) is 0 Å². The summed E-state index contributed by atoms with van der Waals surface area (Å²) in [4.78, 5) is 21.7. The molecule has 0 spiro atoms. The predicted octanol–water partition coefficient (Wildman–Crippen LogP) is 3.31. The Labute approximate surface area is 119 Å². The summed E-state index contributed by atoms with van der Waals surface area (Å²) in [7, 11) is 0. The van der Waals surface area contributed by atoms with E-state index in [2.05, 4.69) is 0 Å². The van der Waals surface area contributed by atoms with Gasteiger partial charge in [0.15, 0.2) is 5.78 Å². The van der Waals surface area contributed by atoms with Crippen LogP contribution in [0.25, 0.3) is 0 Å². The monoisotopic (exact) mass is 290 g/mol. The molecule has 0 fully saturated rings. The molecular weight excluding hydrogens is 279 g/mol. The van der Waals surface area contributed by atoms with Crippen molar-refractivity contribution in [2.75, 3.05) is 5.73 Å². The molecule has 108 valence electrons. The van der Waals surface area contributed by atoms with Gasteiger partial charge in [0.05, 0.1) is 16.2 Å². The van der Waals surface area contributed by atoms with E-state index in [4.69, 9.17) is 10.5 Å². The molecule has 0 aliphatic heterocycles. The molecule has 0 amide bonds. The minimum absolute atomic E-state index is 0.0621. The fourth-order valence-corrected chi connectivity index (χ4v) is 1.71. The number of ether oxygens (including phenoxy) is 1. The number of anilines is 1. The summed E-state index contributed by atoms with van der Waals surface area (Å²) in [5.74, 6) is -0.606. The topological polar surface area (TPSA) is 95.5 Å². The number of ketones is 1. The molecule has 0 aromatic heterocycles. The largest absolute Gasteiger partial charge is 0.457 e. The molecule has 0 aliphatic carbocycles. The number of carbonyl (C=O) groups excluding carboxylic acids is 1. The van der Waals surface area contributed by atoms with E-state index in [0.717, 1.165) is 12.1 Å². The van der Waals surface area contributed by atoms with E-state index in [1.165, 1.54) is 31.2 Å². The number of nitrogen functional groups attached to an aromatic ring is 1. The lowest BCUT2D eigenvalue weighted by molar-refractivity contribution is -0.384. The van der Waals surface area contributed by atoms with Gasteiger partial charge in [0, 0.05) is 18.2 Å². The molecule has 0 radical (unpaired) electrons. The van der Waals surface area contributed by atoms with Crippen molar-refractivity contribution >= 4 is 17.2 Å². The van der Waals surface area contributed by atoms with Crippen molar-refractivity contribution in [1.29, 1.82) is 0 Å². The molecule has 6 nitrogen and oxygen atoms in total. The van der Waals surface area contributed by atoms with E-state index in [1.54, 1.807) is 0 Å². The average Bonchev–Trinajstić information content (AvgIpc) is 2.43. The third-order valence-electron chi connectivity index (χ3n) is 2.75. The van der Waals surface area contributed by atoms with Crippen LogP contribution in [0, 0.1) is 15.9 Å². The first-order valence-electron chi connectivity index (χ1n) is 5.90. The van der Waals surface area contributed by atoms with Gasteiger partial charge >= 0.3 is 0 Å². The van der Waals surface area contributed by atoms with Crippen molar-refractivity contribution < 1.29 is 18.8 Å². The van der Waals surface area contributed by atoms with Crippen LogP contribution >= 0.6 is 0 Å². The van der Waals surface area contributed by atoms with Crippen LogP contribution in [0.3, 0.4) is 0 Å². The minimum Gasteiger partial charge on any atom is -0.457 e. The Balaban J connectivity index is 2.41. The fraction of sp³-hybridized carbons (Fsp3) is 0.0714. The Kier molecular flexibility index (Phi) is 3.84. The fourth-order valence-electron chi connectivity index (χ4n) is 1.71. The summed E-state index contributed by atoms with van der Waals surface area (Å²) in [5, 5.41) is 10.7. The highest BCUT2D eigenvalue weighted by Gasteiger charge is 2.16. The molecule has 21 heavy (non-hydrogen) atoms. The Morgan fingerprint density at radius 1 is 1.29 bits per heavy atom. The number of hydrogen-bond donors (Lipinski definition) is 1. The van der Waals surface area contributed by atoms with Gasteiger partial charge in [-0.3, -0.25) is 14.9 Å².